The fraction of sp³-hybridized carbons (Fsp3) is 1.00. The van der Waals surface area contributed by atoms with Gasteiger partial charge in [-0.2, -0.15) is 0 Å². The van der Waals surface area contributed by atoms with Gasteiger partial charge in [0.05, 0.1) is 0 Å². The second kappa shape index (κ2) is 9.32. The summed E-state index contributed by atoms with van der Waals surface area (Å²) in [6.45, 7) is 6.78. The zero-order valence-corrected chi connectivity index (χ0v) is 18.4. The van der Waals surface area contributed by atoms with Gasteiger partial charge in [-0.05, 0) is 0 Å². The van der Waals surface area contributed by atoms with E-state index in [2.05, 4.69) is 18.7 Å². The van der Waals surface area contributed by atoms with Gasteiger partial charge in [-0.15, -0.1) is 0 Å². The molecule has 8 heteroatoms. The van der Waals surface area contributed by atoms with Crippen molar-refractivity contribution in [2.45, 2.75) is 38.5 Å². The molecule has 3 aliphatic rings. The van der Waals surface area contributed by atoms with E-state index in [9.17, 15) is 0 Å². The molecule has 6 nitrogen and oxygen atoms in total. The average molecular weight is 409 g/mol. The quantitative estimate of drug-likeness (QED) is 0.516. The van der Waals surface area contributed by atoms with Crippen molar-refractivity contribution in [1.29, 1.82) is 0 Å². The van der Waals surface area contributed by atoms with Crippen molar-refractivity contribution >= 4 is 17.8 Å². The second-order valence-corrected chi connectivity index (χ2v) is 13.5. The van der Waals surface area contributed by atoms with Crippen molar-refractivity contribution in [1.82, 2.24) is 18.7 Å². The Bertz CT molecular complexity index is 389. The number of nitrogens with zero attached hydrogens (tertiary/aromatic N) is 4. The second-order valence-electron chi connectivity index (χ2n) is 7.76. The molecule has 0 aliphatic carbocycles. The van der Waals surface area contributed by atoms with Crippen LogP contribution in [0.3, 0.4) is 0 Å². The first-order valence-electron chi connectivity index (χ1n) is 10.4. The summed E-state index contributed by atoms with van der Waals surface area (Å²) in [6, 6.07) is 0. The zero-order chi connectivity index (χ0) is 18.5. The Labute approximate surface area is 164 Å². The molecule has 0 amide bonds. The third kappa shape index (κ3) is 3.57. The first-order valence-corrected chi connectivity index (χ1v) is 13.3. The van der Waals surface area contributed by atoms with Gasteiger partial charge in [0, 0.05) is 0 Å². The van der Waals surface area contributed by atoms with E-state index in [1.165, 1.54) is 38.5 Å². The Morgan fingerprint density at radius 2 is 1.00 bits per heavy atom. The van der Waals surface area contributed by atoms with Crippen molar-refractivity contribution < 1.29 is 9.47 Å². The summed E-state index contributed by atoms with van der Waals surface area (Å²) in [7, 11) is 3.58. The molecule has 0 aromatic rings. The summed E-state index contributed by atoms with van der Waals surface area (Å²) < 4.78 is 21.7. The molecule has 0 spiro atoms. The van der Waals surface area contributed by atoms with E-state index in [0.29, 0.717) is 13.2 Å². The molecule has 26 heavy (non-hydrogen) atoms. The van der Waals surface area contributed by atoms with E-state index in [4.69, 9.17) is 20.7 Å². The summed E-state index contributed by atoms with van der Waals surface area (Å²) in [5.41, 5.74) is 0. The number of halogens is 1. The Kier molecular flexibility index (Phi) is 7.60. The minimum absolute atomic E-state index is 0.712. The van der Waals surface area contributed by atoms with Gasteiger partial charge >= 0.3 is 164 Å². The Balaban J connectivity index is 2.06. The standard InChI is InChI=1S/C18H38ClN4O2P/c1-24-17-15-23(16-18-25-2)26(19,20-9-3-4-10-20,21-11-5-6-12-21)22-13-7-8-14-22/h3-18H2,1-2H3. The molecule has 0 atom stereocenters. The van der Waals surface area contributed by atoms with Crippen LogP contribution in [-0.2, 0) is 9.47 Å². The summed E-state index contributed by atoms with van der Waals surface area (Å²) in [5.74, 6) is 0. The molecule has 3 aliphatic heterocycles. The van der Waals surface area contributed by atoms with Gasteiger partial charge < -0.3 is 0 Å². The first-order chi connectivity index (χ1) is 12.7. The van der Waals surface area contributed by atoms with Crippen LogP contribution in [0, 0.1) is 0 Å². The number of methoxy groups -OCH3 is 2. The average Bonchev–Trinajstić information content (AvgIpc) is 3.44. The summed E-state index contributed by atoms with van der Waals surface area (Å²) >= 11 is 8.18. The van der Waals surface area contributed by atoms with E-state index in [-0.39, 0.29) is 0 Å². The molecule has 3 rings (SSSR count). The van der Waals surface area contributed by atoms with Crippen LogP contribution < -0.4 is 0 Å². The van der Waals surface area contributed by atoms with Gasteiger partial charge in [0.25, 0.3) is 0 Å². The number of ether oxygens (including phenoxy) is 2. The fourth-order valence-corrected chi connectivity index (χ4v) is 12.8. The minimum atomic E-state index is -3.07. The molecule has 3 heterocycles. The third-order valence-electron chi connectivity index (χ3n) is 6.30. The molecular formula is C18H38ClN4O2P. The predicted octanol–water partition coefficient (Wildman–Crippen LogP) is 3.24. The molecular weight excluding hydrogens is 371 g/mol. The monoisotopic (exact) mass is 408 g/mol. The molecule has 0 bridgehead atoms. The molecule has 0 saturated carbocycles. The third-order valence-corrected chi connectivity index (χ3v) is 14.4. The first kappa shape index (κ1) is 21.2. The maximum absolute atomic E-state index is 8.18. The molecule has 0 N–H and O–H groups in total. The molecule has 0 unspecified atom stereocenters. The van der Waals surface area contributed by atoms with Crippen molar-refractivity contribution in [3.05, 3.63) is 0 Å². The van der Waals surface area contributed by atoms with Crippen LogP contribution in [0.25, 0.3) is 0 Å². The maximum atomic E-state index is 8.18. The van der Waals surface area contributed by atoms with Gasteiger partial charge in [0.2, 0.25) is 0 Å². The predicted molar refractivity (Wildman–Crippen MR) is 111 cm³/mol. The van der Waals surface area contributed by atoms with Crippen LogP contribution in [0.15, 0.2) is 0 Å². The zero-order valence-electron chi connectivity index (χ0n) is 16.7. The molecule has 154 valence electrons. The molecule has 0 radical (unpaired) electrons. The van der Waals surface area contributed by atoms with E-state index in [1.54, 1.807) is 14.2 Å². The van der Waals surface area contributed by atoms with Crippen LogP contribution >= 0.6 is 17.8 Å². The van der Waals surface area contributed by atoms with Crippen molar-refractivity contribution in [3.8, 4) is 0 Å². The van der Waals surface area contributed by atoms with Crippen molar-refractivity contribution in [2.75, 3.05) is 79.8 Å². The Morgan fingerprint density at radius 1 is 0.692 bits per heavy atom. The van der Waals surface area contributed by atoms with Crippen molar-refractivity contribution in [3.63, 3.8) is 0 Å². The van der Waals surface area contributed by atoms with Gasteiger partial charge in [-0.3, -0.25) is 0 Å². The van der Waals surface area contributed by atoms with Gasteiger partial charge in [-0.25, -0.2) is 0 Å². The van der Waals surface area contributed by atoms with E-state index >= 15 is 0 Å². The van der Waals surface area contributed by atoms with Crippen molar-refractivity contribution in [2.24, 2.45) is 0 Å². The van der Waals surface area contributed by atoms with Crippen LogP contribution in [0.2, 0.25) is 0 Å². The molecule has 3 saturated heterocycles. The number of rotatable bonds is 10. The topological polar surface area (TPSA) is 31.4 Å². The summed E-state index contributed by atoms with van der Waals surface area (Å²) in [4.78, 5) is 0. The molecule has 0 aromatic heterocycles. The van der Waals surface area contributed by atoms with Crippen LogP contribution in [0.4, 0.5) is 0 Å². The molecule has 3 fully saturated rings. The van der Waals surface area contributed by atoms with E-state index < -0.39 is 6.56 Å². The number of hydrogen-bond donors (Lipinski definition) is 0. The molecule has 0 aromatic carbocycles. The van der Waals surface area contributed by atoms with Crippen LogP contribution in [0.5, 0.6) is 0 Å². The van der Waals surface area contributed by atoms with E-state index in [1.807, 2.05) is 0 Å². The van der Waals surface area contributed by atoms with Gasteiger partial charge in [0.15, 0.2) is 0 Å². The van der Waals surface area contributed by atoms with Crippen LogP contribution in [0.1, 0.15) is 38.5 Å². The Morgan fingerprint density at radius 3 is 1.27 bits per heavy atom. The normalized spacial score (nSPS) is 25.3. The van der Waals surface area contributed by atoms with E-state index in [0.717, 1.165) is 52.4 Å². The Hall–Kier alpha value is 0.480. The van der Waals surface area contributed by atoms with Gasteiger partial charge in [0.1, 0.15) is 0 Å². The van der Waals surface area contributed by atoms with Gasteiger partial charge in [-0.1, -0.05) is 0 Å². The fourth-order valence-electron chi connectivity index (χ4n) is 5.06. The summed E-state index contributed by atoms with van der Waals surface area (Å²) in [6.07, 6.45) is 7.55. The SMILES string of the molecule is COCCN(CCOC)P(Cl)(N1CCCC1)(N1CCCC1)N1CCCC1. The number of hydrogen-bond acceptors (Lipinski definition) is 6. The summed E-state index contributed by atoms with van der Waals surface area (Å²) in [5, 5.41) is 0. The van der Waals surface area contributed by atoms with Crippen LogP contribution in [-0.4, -0.2) is 98.5 Å².